The van der Waals surface area contributed by atoms with Gasteiger partial charge in [-0.15, -0.1) is 0 Å². The van der Waals surface area contributed by atoms with Crippen LogP contribution in [0.3, 0.4) is 0 Å². The van der Waals surface area contributed by atoms with Crippen molar-refractivity contribution in [2.24, 2.45) is 5.92 Å². The molecule has 0 saturated carbocycles. The number of benzene rings is 3. The molecule has 0 radical (unpaired) electrons. The van der Waals surface area contributed by atoms with Crippen LogP contribution >= 0.6 is 0 Å². The van der Waals surface area contributed by atoms with E-state index in [9.17, 15) is 14.0 Å². The third-order valence-electron chi connectivity index (χ3n) is 6.03. The molecule has 4 rings (SSSR count). The number of halogens is 1. The van der Waals surface area contributed by atoms with Crippen LogP contribution in [0.5, 0.6) is 5.75 Å². The Morgan fingerprint density at radius 3 is 2.56 bits per heavy atom. The number of imidazole rings is 1. The minimum atomic E-state index is -1.11. The van der Waals surface area contributed by atoms with Crippen molar-refractivity contribution < 1.29 is 23.8 Å². The van der Waals surface area contributed by atoms with E-state index < -0.39 is 6.09 Å². The second-order valence-corrected chi connectivity index (χ2v) is 8.80. The normalized spacial score (nSPS) is 12.7. The molecule has 1 unspecified atom stereocenters. The zero-order chi connectivity index (χ0) is 25.5. The summed E-state index contributed by atoms with van der Waals surface area (Å²) >= 11 is 0. The first-order valence-electron chi connectivity index (χ1n) is 11.8. The Hall–Kier alpha value is -4.20. The van der Waals surface area contributed by atoms with Crippen LogP contribution in [0.1, 0.15) is 24.6 Å². The standard InChI is InChI=1S/C28H28FN3O4/c1-19(15-24-17-32(18-30-24)28(34)35)31-27(33)22(13-14-36-25-11-9-23(29)10-12-25)16-21-7-4-6-20-5-2-3-8-26(20)21/h2-12,17-19,22H,13-16H2,1H3,(H,31,33)(H,34,35)/t19-,22?/m1/s1. The zero-order valence-electron chi connectivity index (χ0n) is 19.9. The summed E-state index contributed by atoms with van der Waals surface area (Å²) in [6.07, 6.45) is 2.96. The number of fused-ring (bicyclic) bond motifs is 1. The third kappa shape index (κ3) is 6.47. The minimum absolute atomic E-state index is 0.115. The van der Waals surface area contributed by atoms with Gasteiger partial charge in [-0.25, -0.2) is 18.7 Å². The number of rotatable bonds is 10. The highest BCUT2D eigenvalue weighted by Crippen LogP contribution is 2.23. The fourth-order valence-corrected chi connectivity index (χ4v) is 4.21. The first-order chi connectivity index (χ1) is 17.4. The predicted octanol–water partition coefficient (Wildman–Crippen LogP) is 5.08. The molecule has 1 aromatic heterocycles. The van der Waals surface area contributed by atoms with E-state index in [-0.39, 0.29) is 23.7 Å². The first-order valence-corrected chi connectivity index (χ1v) is 11.8. The van der Waals surface area contributed by atoms with Crippen molar-refractivity contribution in [3.63, 3.8) is 0 Å². The third-order valence-corrected chi connectivity index (χ3v) is 6.03. The summed E-state index contributed by atoms with van der Waals surface area (Å²) in [5.74, 6) is -0.271. The molecule has 0 fully saturated rings. The number of amides is 1. The number of ether oxygens (including phenoxy) is 1. The van der Waals surface area contributed by atoms with Gasteiger partial charge in [-0.3, -0.25) is 4.79 Å². The number of hydrogen-bond acceptors (Lipinski definition) is 4. The van der Waals surface area contributed by atoms with E-state index in [4.69, 9.17) is 9.84 Å². The van der Waals surface area contributed by atoms with Gasteiger partial charge in [-0.2, -0.15) is 0 Å². The van der Waals surface area contributed by atoms with Crippen molar-refractivity contribution >= 4 is 22.8 Å². The summed E-state index contributed by atoms with van der Waals surface area (Å²) < 4.78 is 20.0. The number of nitrogens with one attached hydrogen (secondary N) is 1. The molecule has 2 atom stereocenters. The van der Waals surface area contributed by atoms with Gasteiger partial charge in [0.15, 0.2) is 0 Å². The SMILES string of the molecule is C[C@H](Cc1cn(C(=O)O)cn1)NC(=O)C(CCOc1ccc(F)cc1)Cc1cccc2ccccc12. The lowest BCUT2D eigenvalue weighted by Gasteiger charge is -2.21. The molecule has 4 aromatic rings. The van der Waals surface area contributed by atoms with Crippen LogP contribution < -0.4 is 10.1 Å². The number of hydrogen-bond donors (Lipinski definition) is 2. The molecule has 0 bridgehead atoms. The van der Waals surface area contributed by atoms with E-state index in [1.165, 1.54) is 24.7 Å². The zero-order valence-corrected chi connectivity index (χ0v) is 19.9. The van der Waals surface area contributed by atoms with Crippen LogP contribution in [0.2, 0.25) is 0 Å². The Bertz CT molecular complexity index is 1330. The van der Waals surface area contributed by atoms with E-state index in [1.807, 2.05) is 43.3 Å². The molecule has 0 aliphatic rings. The van der Waals surface area contributed by atoms with Gasteiger partial charge in [0.25, 0.3) is 0 Å². The number of carbonyl (C=O) groups is 2. The lowest BCUT2D eigenvalue weighted by molar-refractivity contribution is -0.126. The van der Waals surface area contributed by atoms with Gasteiger partial charge >= 0.3 is 6.09 Å². The van der Waals surface area contributed by atoms with Gasteiger partial charge in [0.05, 0.1) is 12.3 Å². The van der Waals surface area contributed by atoms with Gasteiger partial charge in [0.2, 0.25) is 5.91 Å². The summed E-state index contributed by atoms with van der Waals surface area (Å²) in [5, 5.41) is 14.3. The largest absolute Gasteiger partial charge is 0.494 e. The van der Waals surface area contributed by atoms with Gasteiger partial charge in [0, 0.05) is 24.6 Å². The van der Waals surface area contributed by atoms with Crippen molar-refractivity contribution in [3.8, 4) is 5.75 Å². The van der Waals surface area contributed by atoms with E-state index in [1.54, 1.807) is 12.1 Å². The molecule has 7 nitrogen and oxygen atoms in total. The molecular formula is C28H28FN3O4. The maximum atomic E-state index is 13.3. The molecule has 0 spiro atoms. The topological polar surface area (TPSA) is 93.5 Å². The smallest absolute Gasteiger partial charge is 0.416 e. The number of nitrogens with zero attached hydrogens (tertiary/aromatic N) is 2. The van der Waals surface area contributed by atoms with Gasteiger partial charge in [-0.05, 0) is 60.4 Å². The average molecular weight is 490 g/mol. The molecule has 3 aromatic carbocycles. The number of carbonyl (C=O) groups excluding carboxylic acids is 1. The quantitative estimate of drug-likeness (QED) is 0.324. The summed E-state index contributed by atoms with van der Waals surface area (Å²) in [4.78, 5) is 28.5. The summed E-state index contributed by atoms with van der Waals surface area (Å²) in [5.41, 5.74) is 1.65. The molecule has 1 amide bonds. The van der Waals surface area contributed by atoms with Crippen molar-refractivity contribution in [1.29, 1.82) is 0 Å². The maximum Gasteiger partial charge on any atom is 0.416 e. The van der Waals surface area contributed by atoms with Crippen molar-refractivity contribution in [1.82, 2.24) is 14.9 Å². The number of aromatic nitrogens is 2. The fraction of sp³-hybridized carbons (Fsp3) is 0.250. The Morgan fingerprint density at radius 2 is 1.81 bits per heavy atom. The Labute approximate surface area is 208 Å². The maximum absolute atomic E-state index is 13.3. The molecule has 0 aliphatic carbocycles. The van der Waals surface area contributed by atoms with Crippen LogP contribution in [0, 0.1) is 11.7 Å². The van der Waals surface area contributed by atoms with Crippen LogP contribution in [-0.2, 0) is 17.6 Å². The van der Waals surface area contributed by atoms with Crippen molar-refractivity contribution in [2.45, 2.75) is 32.2 Å². The second-order valence-electron chi connectivity index (χ2n) is 8.80. The average Bonchev–Trinajstić information content (AvgIpc) is 3.33. The lowest BCUT2D eigenvalue weighted by Crippen LogP contribution is -2.39. The Balaban J connectivity index is 1.45. The van der Waals surface area contributed by atoms with E-state index >= 15 is 0 Å². The second kappa shape index (κ2) is 11.5. The highest BCUT2D eigenvalue weighted by atomic mass is 19.1. The van der Waals surface area contributed by atoms with Gasteiger partial charge in [-0.1, -0.05) is 42.5 Å². The molecule has 36 heavy (non-hydrogen) atoms. The molecule has 2 N–H and O–H groups in total. The summed E-state index contributed by atoms with van der Waals surface area (Å²) in [6, 6.07) is 19.7. The molecule has 186 valence electrons. The molecular weight excluding hydrogens is 461 g/mol. The fourth-order valence-electron chi connectivity index (χ4n) is 4.21. The highest BCUT2D eigenvalue weighted by molar-refractivity contribution is 5.87. The van der Waals surface area contributed by atoms with E-state index in [2.05, 4.69) is 16.4 Å². The first kappa shape index (κ1) is 24.9. The van der Waals surface area contributed by atoms with Crippen LogP contribution in [0.4, 0.5) is 9.18 Å². The monoisotopic (exact) mass is 489 g/mol. The molecule has 0 aliphatic heterocycles. The number of carboxylic acid groups (broad SMARTS) is 1. The summed E-state index contributed by atoms with van der Waals surface area (Å²) in [6.45, 7) is 2.16. The van der Waals surface area contributed by atoms with Crippen LogP contribution in [0.25, 0.3) is 10.8 Å². The van der Waals surface area contributed by atoms with E-state index in [0.717, 1.165) is 20.9 Å². The van der Waals surface area contributed by atoms with Crippen molar-refractivity contribution in [2.75, 3.05) is 6.61 Å². The van der Waals surface area contributed by atoms with Crippen LogP contribution in [-0.4, -0.2) is 39.3 Å². The minimum Gasteiger partial charge on any atom is -0.494 e. The van der Waals surface area contributed by atoms with E-state index in [0.29, 0.717) is 37.3 Å². The summed E-state index contributed by atoms with van der Waals surface area (Å²) in [7, 11) is 0. The van der Waals surface area contributed by atoms with Gasteiger partial charge < -0.3 is 15.2 Å². The molecule has 0 saturated heterocycles. The molecule has 8 heteroatoms. The van der Waals surface area contributed by atoms with Crippen molar-refractivity contribution in [3.05, 3.63) is 96.3 Å². The van der Waals surface area contributed by atoms with Gasteiger partial charge in [0.1, 0.15) is 17.9 Å². The highest BCUT2D eigenvalue weighted by Gasteiger charge is 2.22. The Morgan fingerprint density at radius 1 is 1.06 bits per heavy atom. The van der Waals surface area contributed by atoms with Crippen LogP contribution in [0.15, 0.2) is 79.3 Å². The predicted molar refractivity (Wildman–Crippen MR) is 135 cm³/mol. The lowest BCUT2D eigenvalue weighted by atomic mass is 9.92. The molecule has 1 heterocycles. The Kier molecular flexibility index (Phi) is 7.95.